The topological polar surface area (TPSA) is 117 Å². The number of nitrogens with zero attached hydrogens (tertiary/aromatic N) is 5. The third-order valence-corrected chi connectivity index (χ3v) is 7.12. The van der Waals surface area contributed by atoms with E-state index in [-0.39, 0.29) is 30.1 Å². The number of benzene rings is 2. The summed E-state index contributed by atoms with van der Waals surface area (Å²) < 4.78 is 0. The molecule has 2 aliphatic rings. The Bertz CT molecular complexity index is 1320. The fraction of sp³-hybridized carbons (Fsp3) is 0.345. The highest BCUT2D eigenvalue weighted by Gasteiger charge is 2.31. The van der Waals surface area contributed by atoms with Gasteiger partial charge in [0.25, 0.3) is 5.91 Å². The fourth-order valence-electron chi connectivity index (χ4n) is 5.00. The van der Waals surface area contributed by atoms with E-state index >= 15 is 0 Å². The summed E-state index contributed by atoms with van der Waals surface area (Å²) >= 11 is 0. The smallest absolute Gasteiger partial charge is 0.322 e. The van der Waals surface area contributed by atoms with E-state index in [1.54, 1.807) is 43.3 Å². The van der Waals surface area contributed by atoms with Gasteiger partial charge in [-0.1, -0.05) is 36.4 Å². The molecule has 2 heterocycles. The maximum absolute atomic E-state index is 13.1. The van der Waals surface area contributed by atoms with Crippen molar-refractivity contribution >= 4 is 35.5 Å². The van der Waals surface area contributed by atoms with Crippen LogP contribution in [-0.4, -0.2) is 90.2 Å². The Morgan fingerprint density at radius 2 is 1.77 bits per heavy atom. The summed E-state index contributed by atoms with van der Waals surface area (Å²) in [5, 5.41) is 12.5. The standard InChI is InChI=1S/C29H32N6O4/c1-32(2)28(38)25(24-9-5-3-8-22(24)17-30)18-33(20-36)19-27(37)34-14-12-23(13-15-34)35-16-11-21-7-4-6-10-26(21)31-29(35)39/h3-10,18,20,23H,11-16,19H2,1-2H3,(H,31,39)/b25-18-. The summed E-state index contributed by atoms with van der Waals surface area (Å²) in [6, 6.07) is 16.4. The van der Waals surface area contributed by atoms with E-state index in [2.05, 4.69) is 11.4 Å². The van der Waals surface area contributed by atoms with Crippen molar-refractivity contribution in [3.63, 3.8) is 0 Å². The minimum absolute atomic E-state index is 0.0113. The summed E-state index contributed by atoms with van der Waals surface area (Å²) in [6.07, 6.45) is 3.85. The average Bonchev–Trinajstić information content (AvgIpc) is 3.12. The van der Waals surface area contributed by atoms with Crippen LogP contribution in [0.15, 0.2) is 54.7 Å². The molecular formula is C29H32N6O4. The van der Waals surface area contributed by atoms with Crippen LogP contribution in [0.4, 0.5) is 10.5 Å². The number of para-hydroxylation sites is 1. The molecule has 1 N–H and O–H groups in total. The molecule has 10 nitrogen and oxygen atoms in total. The zero-order valence-electron chi connectivity index (χ0n) is 22.2. The molecular weight excluding hydrogens is 496 g/mol. The van der Waals surface area contributed by atoms with Crippen LogP contribution in [0.2, 0.25) is 0 Å². The number of piperidine rings is 1. The van der Waals surface area contributed by atoms with Gasteiger partial charge < -0.3 is 24.9 Å². The predicted molar refractivity (Wildman–Crippen MR) is 146 cm³/mol. The molecule has 1 saturated heterocycles. The zero-order chi connectivity index (χ0) is 27.9. The molecule has 39 heavy (non-hydrogen) atoms. The van der Waals surface area contributed by atoms with Crippen molar-refractivity contribution in [2.24, 2.45) is 0 Å². The molecule has 2 aliphatic heterocycles. The van der Waals surface area contributed by atoms with Gasteiger partial charge in [-0.3, -0.25) is 14.4 Å². The van der Waals surface area contributed by atoms with E-state index in [4.69, 9.17) is 0 Å². The van der Waals surface area contributed by atoms with Crippen molar-refractivity contribution in [1.29, 1.82) is 5.26 Å². The molecule has 1 fully saturated rings. The van der Waals surface area contributed by atoms with Gasteiger partial charge in [-0.2, -0.15) is 5.26 Å². The number of likely N-dealkylation sites (N-methyl/N-ethyl adjacent to an activating group) is 1. The number of urea groups is 1. The van der Waals surface area contributed by atoms with Crippen LogP contribution in [0.3, 0.4) is 0 Å². The van der Waals surface area contributed by atoms with Crippen LogP contribution in [0, 0.1) is 11.3 Å². The minimum Gasteiger partial charge on any atom is -0.345 e. The molecule has 0 radical (unpaired) electrons. The molecule has 0 aliphatic carbocycles. The molecule has 202 valence electrons. The Hall–Kier alpha value is -4.65. The first kappa shape index (κ1) is 27.4. The first-order valence-corrected chi connectivity index (χ1v) is 12.9. The maximum Gasteiger partial charge on any atom is 0.322 e. The number of nitrogens with one attached hydrogen (secondary N) is 1. The van der Waals surface area contributed by atoms with Crippen molar-refractivity contribution in [2.75, 3.05) is 45.6 Å². The number of amides is 5. The van der Waals surface area contributed by atoms with Gasteiger partial charge in [0, 0.05) is 57.2 Å². The normalized spacial score (nSPS) is 15.9. The lowest BCUT2D eigenvalue weighted by Crippen LogP contribution is -2.51. The van der Waals surface area contributed by atoms with Crippen LogP contribution in [0.1, 0.15) is 29.5 Å². The van der Waals surface area contributed by atoms with Crippen LogP contribution in [0.25, 0.3) is 5.57 Å². The molecule has 0 unspecified atom stereocenters. The van der Waals surface area contributed by atoms with Crippen LogP contribution < -0.4 is 5.32 Å². The summed E-state index contributed by atoms with van der Waals surface area (Å²) in [7, 11) is 3.16. The fourth-order valence-corrected chi connectivity index (χ4v) is 5.00. The number of rotatable bonds is 7. The Balaban J connectivity index is 1.41. The summed E-state index contributed by atoms with van der Waals surface area (Å²) in [5.41, 5.74) is 2.76. The second kappa shape index (κ2) is 12.3. The van der Waals surface area contributed by atoms with E-state index in [1.807, 2.05) is 29.2 Å². The van der Waals surface area contributed by atoms with Gasteiger partial charge in [-0.05, 0) is 37.0 Å². The molecule has 0 saturated carbocycles. The van der Waals surface area contributed by atoms with Gasteiger partial charge >= 0.3 is 6.03 Å². The Morgan fingerprint density at radius 1 is 1.08 bits per heavy atom. The third kappa shape index (κ3) is 6.26. The SMILES string of the molecule is CN(C)C(=O)/C(=C\N(C=O)CC(=O)N1CCC(N2CCc3ccccc3NC2=O)CC1)c1ccccc1C#N. The van der Waals surface area contributed by atoms with E-state index < -0.39 is 5.91 Å². The van der Waals surface area contributed by atoms with Gasteiger partial charge in [-0.25, -0.2) is 4.79 Å². The van der Waals surface area contributed by atoms with Gasteiger partial charge in [-0.15, -0.1) is 0 Å². The van der Waals surface area contributed by atoms with E-state index in [0.29, 0.717) is 50.0 Å². The molecule has 10 heteroatoms. The monoisotopic (exact) mass is 528 g/mol. The Morgan fingerprint density at radius 3 is 2.46 bits per heavy atom. The first-order valence-electron chi connectivity index (χ1n) is 12.9. The second-order valence-electron chi connectivity index (χ2n) is 9.82. The molecule has 0 atom stereocenters. The molecule has 4 rings (SSSR count). The van der Waals surface area contributed by atoms with E-state index in [1.165, 1.54) is 11.1 Å². The van der Waals surface area contributed by atoms with Crippen molar-refractivity contribution < 1.29 is 19.2 Å². The highest BCUT2D eigenvalue weighted by molar-refractivity contribution is 6.20. The lowest BCUT2D eigenvalue weighted by molar-refractivity contribution is -0.135. The van der Waals surface area contributed by atoms with Gasteiger partial charge in [0.2, 0.25) is 12.3 Å². The number of anilines is 1. The average molecular weight is 529 g/mol. The minimum atomic E-state index is -0.393. The van der Waals surface area contributed by atoms with Crippen LogP contribution >= 0.6 is 0 Å². The third-order valence-electron chi connectivity index (χ3n) is 7.12. The summed E-state index contributed by atoms with van der Waals surface area (Å²) in [5.74, 6) is -0.648. The molecule has 0 spiro atoms. The van der Waals surface area contributed by atoms with E-state index in [0.717, 1.165) is 22.6 Å². The van der Waals surface area contributed by atoms with Crippen molar-refractivity contribution in [2.45, 2.75) is 25.3 Å². The number of fused-ring (bicyclic) bond motifs is 1. The van der Waals surface area contributed by atoms with Gasteiger partial charge in [0.1, 0.15) is 6.54 Å². The maximum atomic E-state index is 13.1. The summed E-state index contributed by atoms with van der Waals surface area (Å²) in [4.78, 5) is 56.9. The van der Waals surface area contributed by atoms with Gasteiger partial charge in [0.05, 0.1) is 17.2 Å². The van der Waals surface area contributed by atoms with Crippen LogP contribution in [0.5, 0.6) is 0 Å². The quantitative estimate of drug-likeness (QED) is 0.438. The number of hydrogen-bond acceptors (Lipinski definition) is 5. The zero-order valence-corrected chi connectivity index (χ0v) is 22.2. The number of carbonyl (C=O) groups excluding carboxylic acids is 4. The largest absolute Gasteiger partial charge is 0.345 e. The van der Waals surface area contributed by atoms with E-state index in [9.17, 15) is 24.4 Å². The highest BCUT2D eigenvalue weighted by atomic mass is 16.2. The van der Waals surface area contributed by atoms with Crippen LogP contribution in [-0.2, 0) is 20.8 Å². The van der Waals surface area contributed by atoms with Crippen molar-refractivity contribution in [3.05, 3.63) is 71.4 Å². The lowest BCUT2D eigenvalue weighted by Gasteiger charge is -2.38. The second-order valence-corrected chi connectivity index (χ2v) is 9.82. The number of nitriles is 1. The van der Waals surface area contributed by atoms with Gasteiger partial charge in [0.15, 0.2) is 0 Å². The Labute approximate surface area is 228 Å². The number of likely N-dealkylation sites (tertiary alicyclic amines) is 1. The number of hydrogen-bond donors (Lipinski definition) is 1. The molecule has 2 aromatic rings. The molecule has 0 aromatic heterocycles. The molecule has 0 bridgehead atoms. The summed E-state index contributed by atoms with van der Waals surface area (Å²) in [6.45, 7) is 1.28. The molecule has 2 aromatic carbocycles. The molecule has 5 amide bonds. The Kier molecular flexibility index (Phi) is 8.61. The van der Waals surface area contributed by atoms with Crippen molar-refractivity contribution in [3.8, 4) is 6.07 Å². The first-order chi connectivity index (χ1) is 18.8. The lowest BCUT2D eigenvalue weighted by atomic mass is 10.00. The predicted octanol–water partition coefficient (Wildman–Crippen LogP) is 2.53. The van der Waals surface area contributed by atoms with Crippen molar-refractivity contribution in [1.82, 2.24) is 19.6 Å². The number of carbonyl (C=O) groups is 4. The highest BCUT2D eigenvalue weighted by Crippen LogP contribution is 2.25.